The number of benzene rings is 2. The van der Waals surface area contributed by atoms with Crippen molar-refractivity contribution in [3.8, 4) is 17.1 Å². The maximum atomic E-state index is 14.3. The first-order valence-electron chi connectivity index (χ1n) is 10.8. The minimum absolute atomic E-state index is 0.102. The molecule has 8 heteroatoms. The van der Waals surface area contributed by atoms with E-state index in [4.69, 9.17) is 9.47 Å². The van der Waals surface area contributed by atoms with Crippen LogP contribution in [0.25, 0.3) is 11.4 Å². The topological polar surface area (TPSA) is 78.3 Å². The average molecular weight is 461 g/mol. The van der Waals surface area contributed by atoms with Crippen molar-refractivity contribution in [2.24, 2.45) is 0 Å². The number of carbonyl (C=O) groups excluding carboxylic acids is 1. The number of halogens is 1. The molecule has 0 aliphatic heterocycles. The van der Waals surface area contributed by atoms with Crippen LogP contribution in [0, 0.1) is 5.82 Å². The van der Waals surface area contributed by atoms with Gasteiger partial charge in [-0.25, -0.2) is 9.18 Å². The molecule has 4 aromatic rings. The second-order valence-electron chi connectivity index (χ2n) is 8.57. The molecule has 0 fully saturated rings. The van der Waals surface area contributed by atoms with Gasteiger partial charge in [0.05, 0.1) is 5.69 Å². The standard InChI is InChI=1S/C26H25FN4O3/c1-26(2,3)34-25(32)31-22(21-11-7-8-14-28-21)16-24(30-31)29-19-12-13-20(27)23(15-19)33-17-18-9-5-4-6-10-18/h4-16H,17H2,1-3H3,(H,29,30). The van der Waals surface area contributed by atoms with Gasteiger partial charge in [-0.2, -0.15) is 4.68 Å². The van der Waals surface area contributed by atoms with Crippen LogP contribution in [0.4, 0.5) is 20.7 Å². The Morgan fingerprint density at radius 3 is 2.50 bits per heavy atom. The van der Waals surface area contributed by atoms with Gasteiger partial charge >= 0.3 is 6.09 Å². The first-order chi connectivity index (χ1) is 16.3. The number of carbonyl (C=O) groups is 1. The van der Waals surface area contributed by atoms with Crippen LogP contribution in [0.15, 0.2) is 79.0 Å². The lowest BCUT2D eigenvalue weighted by molar-refractivity contribution is 0.0518. The number of hydrogen-bond donors (Lipinski definition) is 1. The average Bonchev–Trinajstić information content (AvgIpc) is 3.24. The molecule has 0 bridgehead atoms. The van der Waals surface area contributed by atoms with Crippen molar-refractivity contribution >= 4 is 17.6 Å². The van der Waals surface area contributed by atoms with Crippen LogP contribution in [-0.4, -0.2) is 26.5 Å². The molecule has 0 aliphatic carbocycles. The molecule has 34 heavy (non-hydrogen) atoms. The maximum absolute atomic E-state index is 14.3. The molecule has 0 atom stereocenters. The molecule has 174 valence electrons. The summed E-state index contributed by atoms with van der Waals surface area (Å²) in [5, 5.41) is 7.47. The van der Waals surface area contributed by atoms with E-state index in [1.807, 2.05) is 36.4 Å². The molecule has 7 nitrogen and oxygen atoms in total. The molecule has 0 spiro atoms. The Labute approximate surface area is 197 Å². The number of nitrogens with one attached hydrogen (secondary N) is 1. The number of anilines is 2. The van der Waals surface area contributed by atoms with E-state index in [1.54, 1.807) is 57.3 Å². The number of rotatable bonds is 6. The van der Waals surface area contributed by atoms with E-state index in [-0.39, 0.29) is 12.4 Å². The highest BCUT2D eigenvalue weighted by Crippen LogP contribution is 2.28. The summed E-state index contributed by atoms with van der Waals surface area (Å²) in [6.07, 6.45) is 0.998. The zero-order valence-corrected chi connectivity index (χ0v) is 19.2. The fraction of sp³-hybridized carbons (Fsp3) is 0.192. The number of hydrogen-bond acceptors (Lipinski definition) is 6. The second-order valence-corrected chi connectivity index (χ2v) is 8.57. The summed E-state index contributed by atoms with van der Waals surface area (Å²) in [7, 11) is 0. The molecule has 0 saturated carbocycles. The quantitative estimate of drug-likeness (QED) is 0.370. The van der Waals surface area contributed by atoms with Gasteiger partial charge in [-0.15, -0.1) is 5.10 Å². The predicted octanol–water partition coefficient (Wildman–Crippen LogP) is 6.19. The van der Waals surface area contributed by atoms with Gasteiger partial charge < -0.3 is 14.8 Å². The molecule has 0 unspecified atom stereocenters. The summed E-state index contributed by atoms with van der Waals surface area (Å²) >= 11 is 0. The summed E-state index contributed by atoms with van der Waals surface area (Å²) in [5.74, 6) is -0.00699. The SMILES string of the molecule is CC(C)(C)OC(=O)n1nc(Nc2ccc(F)c(OCc3ccccc3)c2)cc1-c1ccccn1. The van der Waals surface area contributed by atoms with Crippen LogP contribution in [0.5, 0.6) is 5.75 Å². The molecule has 0 saturated heterocycles. The molecule has 1 N–H and O–H groups in total. The van der Waals surface area contributed by atoms with Gasteiger partial charge in [-0.1, -0.05) is 36.4 Å². The lowest BCUT2D eigenvalue weighted by atomic mass is 10.2. The molecular formula is C26H25FN4O3. The van der Waals surface area contributed by atoms with E-state index in [0.717, 1.165) is 10.2 Å². The van der Waals surface area contributed by atoms with E-state index in [2.05, 4.69) is 15.4 Å². The number of aromatic nitrogens is 3. The van der Waals surface area contributed by atoms with Crippen LogP contribution in [-0.2, 0) is 11.3 Å². The van der Waals surface area contributed by atoms with Gasteiger partial charge in [0.15, 0.2) is 17.4 Å². The maximum Gasteiger partial charge on any atom is 0.435 e. The normalized spacial score (nSPS) is 11.2. The van der Waals surface area contributed by atoms with Crippen LogP contribution in [0.1, 0.15) is 26.3 Å². The molecule has 2 aromatic carbocycles. The predicted molar refractivity (Wildman–Crippen MR) is 128 cm³/mol. The molecular weight excluding hydrogens is 435 g/mol. The largest absolute Gasteiger partial charge is 0.486 e. The Morgan fingerprint density at radius 2 is 1.79 bits per heavy atom. The van der Waals surface area contributed by atoms with E-state index in [1.165, 1.54) is 6.07 Å². The van der Waals surface area contributed by atoms with Crippen LogP contribution in [0.2, 0.25) is 0 Å². The lowest BCUT2D eigenvalue weighted by Crippen LogP contribution is -2.28. The molecule has 4 rings (SSSR count). The Kier molecular flexibility index (Phi) is 6.58. The van der Waals surface area contributed by atoms with Crippen LogP contribution in [0.3, 0.4) is 0 Å². The van der Waals surface area contributed by atoms with Crippen molar-refractivity contribution in [1.29, 1.82) is 0 Å². The first-order valence-corrected chi connectivity index (χ1v) is 10.8. The van der Waals surface area contributed by atoms with Crippen LogP contribution < -0.4 is 10.1 Å². The Hall–Kier alpha value is -4.20. The number of pyridine rings is 1. The highest BCUT2D eigenvalue weighted by molar-refractivity contribution is 5.79. The van der Waals surface area contributed by atoms with Gasteiger partial charge in [-0.3, -0.25) is 4.98 Å². The minimum Gasteiger partial charge on any atom is -0.486 e. The lowest BCUT2D eigenvalue weighted by Gasteiger charge is -2.19. The smallest absolute Gasteiger partial charge is 0.435 e. The third-order valence-electron chi connectivity index (χ3n) is 4.64. The van der Waals surface area contributed by atoms with Crippen molar-refractivity contribution in [3.05, 3.63) is 90.4 Å². The minimum atomic E-state index is -0.694. The van der Waals surface area contributed by atoms with Gasteiger partial charge in [0, 0.05) is 24.0 Å². The zero-order valence-electron chi connectivity index (χ0n) is 19.2. The number of nitrogens with zero attached hydrogens (tertiary/aromatic N) is 3. The monoisotopic (exact) mass is 460 g/mol. The summed E-state index contributed by atoms with van der Waals surface area (Å²) in [6, 6.07) is 21.0. The van der Waals surface area contributed by atoms with Crippen molar-refractivity contribution in [2.75, 3.05) is 5.32 Å². The Bertz CT molecular complexity index is 1270. The summed E-state index contributed by atoms with van der Waals surface area (Å²) < 4.78 is 26.6. The summed E-state index contributed by atoms with van der Waals surface area (Å²) in [6.45, 7) is 5.58. The highest BCUT2D eigenvalue weighted by Gasteiger charge is 2.23. The third kappa shape index (κ3) is 5.78. The summed E-state index contributed by atoms with van der Waals surface area (Å²) in [4.78, 5) is 17.1. The fourth-order valence-electron chi connectivity index (χ4n) is 3.16. The van der Waals surface area contributed by atoms with Crippen LogP contribution >= 0.6 is 0 Å². The first kappa shape index (κ1) is 23.0. The Morgan fingerprint density at radius 1 is 1.03 bits per heavy atom. The van der Waals surface area contributed by atoms with Crippen molar-refractivity contribution in [3.63, 3.8) is 0 Å². The zero-order chi connectivity index (χ0) is 24.1. The molecule has 0 amide bonds. The molecule has 0 radical (unpaired) electrons. The number of ether oxygens (including phenoxy) is 2. The van der Waals surface area contributed by atoms with E-state index < -0.39 is 17.5 Å². The third-order valence-corrected chi connectivity index (χ3v) is 4.64. The van der Waals surface area contributed by atoms with Gasteiger partial charge in [0.1, 0.15) is 17.9 Å². The highest BCUT2D eigenvalue weighted by atomic mass is 19.1. The molecule has 2 aromatic heterocycles. The fourth-order valence-corrected chi connectivity index (χ4v) is 3.16. The van der Waals surface area contributed by atoms with Crippen molar-refractivity contribution in [1.82, 2.24) is 14.8 Å². The molecule has 0 aliphatic rings. The van der Waals surface area contributed by atoms with Gasteiger partial charge in [0.25, 0.3) is 0 Å². The van der Waals surface area contributed by atoms with Crippen molar-refractivity contribution in [2.45, 2.75) is 33.0 Å². The second kappa shape index (κ2) is 9.74. The Balaban J connectivity index is 1.59. The van der Waals surface area contributed by atoms with Gasteiger partial charge in [-0.05, 0) is 50.6 Å². The van der Waals surface area contributed by atoms with E-state index >= 15 is 0 Å². The van der Waals surface area contributed by atoms with E-state index in [0.29, 0.717) is 22.9 Å². The van der Waals surface area contributed by atoms with Gasteiger partial charge in [0.2, 0.25) is 0 Å². The summed E-state index contributed by atoms with van der Waals surface area (Å²) in [5.41, 5.74) is 1.79. The van der Waals surface area contributed by atoms with E-state index in [9.17, 15) is 9.18 Å². The molecule has 2 heterocycles. The van der Waals surface area contributed by atoms with Crippen molar-refractivity contribution < 1.29 is 18.7 Å².